The van der Waals surface area contributed by atoms with Crippen LogP contribution in [0, 0.1) is 0 Å². The minimum atomic E-state index is 0.168. The van der Waals surface area contributed by atoms with Crippen molar-refractivity contribution in [3.63, 3.8) is 0 Å². The summed E-state index contributed by atoms with van der Waals surface area (Å²) < 4.78 is 1.47. The van der Waals surface area contributed by atoms with Crippen LogP contribution in [-0.2, 0) is 0 Å². The van der Waals surface area contributed by atoms with Crippen molar-refractivity contribution in [1.82, 2.24) is 29.7 Å². The van der Waals surface area contributed by atoms with Gasteiger partial charge in [-0.05, 0) is 18.5 Å². The molecule has 0 aliphatic carbocycles. The lowest BCUT2D eigenvalue weighted by Gasteiger charge is -2.32. The van der Waals surface area contributed by atoms with Crippen molar-refractivity contribution in [2.75, 3.05) is 23.0 Å². The highest BCUT2D eigenvalue weighted by atomic mass is 35.5. The summed E-state index contributed by atoms with van der Waals surface area (Å²) in [7, 11) is 0. The lowest BCUT2D eigenvalue weighted by Crippen LogP contribution is -2.41. The van der Waals surface area contributed by atoms with Gasteiger partial charge in [0.1, 0.15) is 12.7 Å². The van der Waals surface area contributed by atoms with Crippen LogP contribution in [-0.4, -0.2) is 53.8 Å². The minimum Gasteiger partial charge on any atom is -0.336 e. The molecule has 2 aromatic heterocycles. The Balaban J connectivity index is 1.97. The van der Waals surface area contributed by atoms with E-state index in [1.807, 2.05) is 11.8 Å². The van der Waals surface area contributed by atoms with E-state index in [0.29, 0.717) is 17.9 Å². The second-order valence-corrected chi connectivity index (χ2v) is 5.65. The zero-order chi connectivity index (χ0) is 13.2. The summed E-state index contributed by atoms with van der Waals surface area (Å²) in [6.07, 6.45) is 2.96. The molecule has 3 rings (SSSR count). The van der Waals surface area contributed by atoms with E-state index in [2.05, 4.69) is 36.9 Å². The molecule has 7 nitrogen and oxygen atoms in total. The molecule has 1 saturated heterocycles. The predicted octanol–water partition coefficient (Wildman–Crippen LogP) is 1.05. The molecular formula is C10H12ClN7S. The highest BCUT2D eigenvalue weighted by Crippen LogP contribution is 2.22. The monoisotopic (exact) mass is 297 g/mol. The molecule has 100 valence electrons. The normalized spacial score (nSPS) is 19.7. The van der Waals surface area contributed by atoms with E-state index in [-0.39, 0.29) is 5.28 Å². The van der Waals surface area contributed by atoms with Crippen LogP contribution < -0.4 is 4.90 Å². The molecule has 0 N–H and O–H groups in total. The topological polar surface area (TPSA) is 72.6 Å². The molecule has 19 heavy (non-hydrogen) atoms. The van der Waals surface area contributed by atoms with Gasteiger partial charge in [0.25, 0.3) is 5.95 Å². The Morgan fingerprint density at radius 2 is 2.16 bits per heavy atom. The molecule has 0 radical (unpaired) electrons. The first-order valence-electron chi connectivity index (χ1n) is 5.85. The van der Waals surface area contributed by atoms with Gasteiger partial charge in [-0.15, -0.1) is 0 Å². The smallest absolute Gasteiger partial charge is 0.258 e. The molecule has 0 aromatic carbocycles. The Morgan fingerprint density at radius 1 is 1.32 bits per heavy atom. The maximum atomic E-state index is 5.98. The number of halogens is 1. The number of anilines is 1. The minimum absolute atomic E-state index is 0.168. The summed E-state index contributed by atoms with van der Waals surface area (Å²) in [6.45, 7) is 3.06. The van der Waals surface area contributed by atoms with Crippen LogP contribution >= 0.6 is 23.4 Å². The Labute approximate surface area is 119 Å². The predicted molar refractivity (Wildman–Crippen MR) is 73.9 cm³/mol. The van der Waals surface area contributed by atoms with Crippen LogP contribution in [0.15, 0.2) is 12.7 Å². The van der Waals surface area contributed by atoms with E-state index in [9.17, 15) is 0 Å². The molecule has 1 aliphatic rings. The fraction of sp³-hybridized carbons (Fsp3) is 0.500. The van der Waals surface area contributed by atoms with E-state index in [1.165, 1.54) is 17.3 Å². The highest BCUT2D eigenvalue weighted by molar-refractivity contribution is 7.99. The molecule has 2 aromatic rings. The average Bonchev–Trinajstić information content (AvgIpc) is 2.92. The number of hydrogen-bond acceptors (Lipinski definition) is 7. The number of rotatable bonds is 2. The van der Waals surface area contributed by atoms with Crippen LogP contribution in [0.5, 0.6) is 0 Å². The van der Waals surface area contributed by atoms with Crippen LogP contribution in [0.2, 0.25) is 5.28 Å². The number of nitrogens with zero attached hydrogens (tertiary/aromatic N) is 7. The Kier molecular flexibility index (Phi) is 3.52. The second kappa shape index (κ2) is 5.30. The van der Waals surface area contributed by atoms with Crippen LogP contribution in [0.1, 0.15) is 6.92 Å². The van der Waals surface area contributed by atoms with Crippen molar-refractivity contribution in [2.45, 2.75) is 13.0 Å². The van der Waals surface area contributed by atoms with Gasteiger partial charge in [-0.1, -0.05) is 0 Å². The zero-order valence-electron chi connectivity index (χ0n) is 10.3. The third kappa shape index (κ3) is 2.64. The SMILES string of the molecule is CC1CSCCN1c1nc(Cl)nc(-n2cncn2)n1. The van der Waals surface area contributed by atoms with Crippen LogP contribution in [0.25, 0.3) is 5.95 Å². The van der Waals surface area contributed by atoms with E-state index in [0.717, 1.165) is 18.1 Å². The molecule has 3 heterocycles. The summed E-state index contributed by atoms with van der Waals surface area (Å²) >= 11 is 7.91. The van der Waals surface area contributed by atoms with Crippen molar-refractivity contribution >= 4 is 29.3 Å². The van der Waals surface area contributed by atoms with Crippen molar-refractivity contribution in [3.8, 4) is 5.95 Å². The molecule has 0 spiro atoms. The number of aromatic nitrogens is 6. The lowest BCUT2D eigenvalue weighted by atomic mass is 10.3. The zero-order valence-corrected chi connectivity index (χ0v) is 11.8. The molecular weight excluding hydrogens is 286 g/mol. The first kappa shape index (κ1) is 12.6. The standard InChI is InChI=1S/C10H12ClN7S/c1-7-4-19-3-2-17(7)9-14-8(11)15-10(16-9)18-6-12-5-13-18/h5-7H,2-4H2,1H3. The van der Waals surface area contributed by atoms with Gasteiger partial charge in [0.05, 0.1) is 0 Å². The third-order valence-electron chi connectivity index (χ3n) is 2.83. The van der Waals surface area contributed by atoms with E-state index in [4.69, 9.17) is 11.6 Å². The van der Waals surface area contributed by atoms with Crippen molar-refractivity contribution in [3.05, 3.63) is 17.9 Å². The summed E-state index contributed by atoms with van der Waals surface area (Å²) in [6, 6.07) is 0.376. The third-order valence-corrected chi connectivity index (χ3v) is 4.19. The van der Waals surface area contributed by atoms with E-state index < -0.39 is 0 Å². The molecule has 1 atom stereocenters. The Morgan fingerprint density at radius 3 is 2.89 bits per heavy atom. The van der Waals surface area contributed by atoms with Crippen molar-refractivity contribution in [1.29, 1.82) is 0 Å². The largest absolute Gasteiger partial charge is 0.336 e. The summed E-state index contributed by atoms with van der Waals surface area (Å²) in [5.41, 5.74) is 0. The number of thioether (sulfide) groups is 1. The lowest BCUT2D eigenvalue weighted by molar-refractivity contribution is 0.667. The maximum absolute atomic E-state index is 5.98. The maximum Gasteiger partial charge on any atom is 0.258 e. The molecule has 1 fully saturated rings. The van der Waals surface area contributed by atoms with E-state index in [1.54, 1.807) is 0 Å². The van der Waals surface area contributed by atoms with Gasteiger partial charge in [0.2, 0.25) is 11.2 Å². The van der Waals surface area contributed by atoms with Gasteiger partial charge < -0.3 is 4.90 Å². The van der Waals surface area contributed by atoms with Gasteiger partial charge in [-0.2, -0.15) is 36.5 Å². The molecule has 0 bridgehead atoms. The molecule has 0 amide bonds. The first-order chi connectivity index (χ1) is 9.24. The van der Waals surface area contributed by atoms with Crippen LogP contribution in [0.4, 0.5) is 5.95 Å². The number of hydrogen-bond donors (Lipinski definition) is 0. The summed E-state index contributed by atoms with van der Waals surface area (Å²) in [5.74, 6) is 3.10. The molecule has 1 unspecified atom stereocenters. The quantitative estimate of drug-likeness (QED) is 0.820. The summed E-state index contributed by atoms with van der Waals surface area (Å²) in [4.78, 5) is 18.7. The second-order valence-electron chi connectivity index (χ2n) is 4.16. The summed E-state index contributed by atoms with van der Waals surface area (Å²) in [5, 5.41) is 4.17. The molecule has 9 heteroatoms. The fourth-order valence-corrected chi connectivity index (χ4v) is 3.06. The van der Waals surface area contributed by atoms with Gasteiger partial charge >= 0.3 is 0 Å². The first-order valence-corrected chi connectivity index (χ1v) is 7.38. The molecule has 0 saturated carbocycles. The Bertz CT molecular complexity index is 561. The highest BCUT2D eigenvalue weighted by Gasteiger charge is 2.22. The van der Waals surface area contributed by atoms with Crippen LogP contribution in [0.3, 0.4) is 0 Å². The van der Waals surface area contributed by atoms with Crippen molar-refractivity contribution < 1.29 is 0 Å². The average molecular weight is 298 g/mol. The van der Waals surface area contributed by atoms with E-state index >= 15 is 0 Å². The van der Waals surface area contributed by atoms with Crippen molar-refractivity contribution in [2.24, 2.45) is 0 Å². The fourth-order valence-electron chi connectivity index (χ4n) is 1.90. The Hall–Kier alpha value is -1.41. The van der Waals surface area contributed by atoms with Gasteiger partial charge in [0.15, 0.2) is 0 Å². The van der Waals surface area contributed by atoms with Gasteiger partial charge in [-0.3, -0.25) is 0 Å². The molecule has 1 aliphatic heterocycles. The van der Waals surface area contributed by atoms with Gasteiger partial charge in [-0.25, -0.2) is 4.98 Å². The van der Waals surface area contributed by atoms with Gasteiger partial charge in [0, 0.05) is 24.1 Å².